The molecule has 23 heavy (non-hydrogen) atoms. The third-order valence-corrected chi connectivity index (χ3v) is 4.35. The zero-order chi connectivity index (χ0) is 16.2. The highest BCUT2D eigenvalue weighted by atomic mass is 15.1. The van der Waals surface area contributed by atoms with Crippen LogP contribution < -0.4 is 0 Å². The number of benzene rings is 1. The van der Waals surface area contributed by atoms with E-state index in [1.807, 2.05) is 12.2 Å². The molecule has 0 radical (unpaired) electrons. The molecule has 0 N–H and O–H groups in total. The summed E-state index contributed by atoms with van der Waals surface area (Å²) in [6.07, 6.45) is 10.9. The first-order valence-corrected chi connectivity index (χ1v) is 7.97. The fourth-order valence-corrected chi connectivity index (χ4v) is 3.16. The van der Waals surface area contributed by atoms with Gasteiger partial charge >= 0.3 is 0 Å². The van der Waals surface area contributed by atoms with Gasteiger partial charge in [-0.25, -0.2) is 0 Å². The van der Waals surface area contributed by atoms with Gasteiger partial charge in [-0.05, 0) is 36.4 Å². The minimum Gasteiger partial charge on any atom is -0.320 e. The molecule has 1 aromatic carbocycles. The quantitative estimate of drug-likeness (QED) is 0.619. The van der Waals surface area contributed by atoms with Crippen LogP contribution in [0, 0.1) is 0 Å². The molecular formula is C20H23N3. The Morgan fingerprint density at radius 3 is 2.91 bits per heavy atom. The summed E-state index contributed by atoms with van der Waals surface area (Å²) in [5, 5.41) is 1.36. The fraction of sp³-hybridized carbons (Fsp3) is 0.250. The Morgan fingerprint density at radius 1 is 1.30 bits per heavy atom. The Labute approximate surface area is 137 Å². The van der Waals surface area contributed by atoms with Crippen molar-refractivity contribution < 1.29 is 0 Å². The lowest BCUT2D eigenvalue weighted by Crippen LogP contribution is -2.26. The van der Waals surface area contributed by atoms with Gasteiger partial charge in [-0.15, -0.1) is 0 Å². The van der Waals surface area contributed by atoms with Crippen molar-refractivity contribution in [3.63, 3.8) is 0 Å². The Balaban J connectivity index is 2.09. The molecule has 0 spiro atoms. The van der Waals surface area contributed by atoms with E-state index in [0.717, 1.165) is 25.1 Å². The van der Waals surface area contributed by atoms with E-state index in [-0.39, 0.29) is 0 Å². The first kappa shape index (κ1) is 15.5. The summed E-state index contributed by atoms with van der Waals surface area (Å²) >= 11 is 0. The molecule has 0 bridgehead atoms. The zero-order valence-electron chi connectivity index (χ0n) is 13.9. The molecule has 0 saturated heterocycles. The molecule has 0 atom stereocenters. The number of aromatic nitrogens is 1. The van der Waals surface area contributed by atoms with E-state index >= 15 is 0 Å². The summed E-state index contributed by atoms with van der Waals surface area (Å²) in [5.41, 5.74) is 5.21. The second-order valence-electron chi connectivity index (χ2n) is 5.89. The number of hydrogen-bond donors (Lipinski definition) is 0. The summed E-state index contributed by atoms with van der Waals surface area (Å²) in [5.74, 6) is 0. The number of hydrogen-bond acceptors (Lipinski definition) is 2. The van der Waals surface area contributed by atoms with Crippen molar-refractivity contribution in [2.75, 3.05) is 20.6 Å². The lowest BCUT2D eigenvalue weighted by atomic mass is 10.1. The van der Waals surface area contributed by atoms with E-state index in [2.05, 4.69) is 64.6 Å². The summed E-state index contributed by atoms with van der Waals surface area (Å²) in [6, 6.07) is 8.66. The number of aliphatic imine (C=N–C) groups is 1. The van der Waals surface area contributed by atoms with Crippen LogP contribution in [0.1, 0.15) is 11.3 Å². The van der Waals surface area contributed by atoms with Gasteiger partial charge in [0.25, 0.3) is 0 Å². The highest BCUT2D eigenvalue weighted by Crippen LogP contribution is 2.30. The summed E-state index contributed by atoms with van der Waals surface area (Å²) in [7, 11) is 3.96. The molecule has 0 unspecified atom stereocenters. The van der Waals surface area contributed by atoms with Crippen LogP contribution in [0.4, 0.5) is 0 Å². The Bertz CT molecular complexity index is 806. The van der Waals surface area contributed by atoms with Gasteiger partial charge in [-0.3, -0.25) is 4.99 Å². The molecule has 1 aromatic heterocycles. The van der Waals surface area contributed by atoms with Crippen LogP contribution in [0.25, 0.3) is 17.1 Å². The number of para-hydroxylation sites is 1. The molecule has 2 aromatic rings. The summed E-state index contributed by atoms with van der Waals surface area (Å²) in [4.78, 5) is 6.39. The molecule has 118 valence electrons. The van der Waals surface area contributed by atoms with E-state index in [4.69, 9.17) is 0 Å². The van der Waals surface area contributed by atoms with Crippen LogP contribution in [0.2, 0.25) is 0 Å². The van der Waals surface area contributed by atoms with Crippen LogP contribution in [0.5, 0.6) is 0 Å². The molecule has 1 aliphatic heterocycles. The molecule has 0 saturated carbocycles. The van der Waals surface area contributed by atoms with Gasteiger partial charge in [-0.2, -0.15) is 0 Å². The van der Waals surface area contributed by atoms with Crippen molar-refractivity contribution in [1.82, 2.24) is 9.47 Å². The molecule has 3 rings (SSSR count). The summed E-state index contributed by atoms with van der Waals surface area (Å²) in [6.45, 7) is 5.99. The highest BCUT2D eigenvalue weighted by molar-refractivity contribution is 5.88. The number of likely N-dealkylation sites (N-methyl/N-ethyl adjacent to an activating group) is 1. The molecule has 0 aliphatic carbocycles. The van der Waals surface area contributed by atoms with Crippen molar-refractivity contribution in [3.05, 3.63) is 65.9 Å². The molecule has 2 heterocycles. The van der Waals surface area contributed by atoms with Gasteiger partial charge < -0.3 is 9.47 Å². The number of allylic oxidation sites excluding steroid dienone is 4. The van der Waals surface area contributed by atoms with Crippen LogP contribution in [-0.2, 0) is 13.0 Å². The normalized spacial score (nSPS) is 16.5. The lowest BCUT2D eigenvalue weighted by Gasteiger charge is -2.23. The second kappa shape index (κ2) is 6.80. The minimum atomic E-state index is 1.02. The third kappa shape index (κ3) is 3.06. The SMILES string of the molecule is C=CC(/C=C/n1c2c(c3ccccc31)CN(C)CC2)=C\C=NC. The standard InChI is InChI=1S/C20H23N3/c1-4-16(9-12-21-2)10-14-23-19-8-6-5-7-17(19)18-15-22(3)13-11-20(18)23/h4-10,12,14H,1,11,13,15H2,2-3H3/b14-10+,16-9+,21-12?. The van der Waals surface area contributed by atoms with Gasteiger partial charge in [0, 0.05) is 50.1 Å². The predicted octanol–water partition coefficient (Wildman–Crippen LogP) is 3.91. The third-order valence-electron chi connectivity index (χ3n) is 4.35. The van der Waals surface area contributed by atoms with Gasteiger partial charge in [0.2, 0.25) is 0 Å². The van der Waals surface area contributed by atoms with Crippen molar-refractivity contribution in [2.24, 2.45) is 4.99 Å². The first-order chi connectivity index (χ1) is 11.2. The van der Waals surface area contributed by atoms with Gasteiger partial charge in [0.1, 0.15) is 0 Å². The molecule has 0 amide bonds. The van der Waals surface area contributed by atoms with Crippen LogP contribution >= 0.6 is 0 Å². The van der Waals surface area contributed by atoms with Gasteiger partial charge in [0.15, 0.2) is 0 Å². The molecule has 3 heteroatoms. The number of rotatable bonds is 4. The van der Waals surface area contributed by atoms with E-state index in [0.29, 0.717) is 0 Å². The maximum atomic E-state index is 4.00. The predicted molar refractivity (Wildman–Crippen MR) is 100 cm³/mol. The van der Waals surface area contributed by atoms with Crippen LogP contribution in [0.3, 0.4) is 0 Å². The zero-order valence-corrected chi connectivity index (χ0v) is 13.9. The van der Waals surface area contributed by atoms with E-state index < -0.39 is 0 Å². The first-order valence-electron chi connectivity index (χ1n) is 7.97. The van der Waals surface area contributed by atoms with E-state index in [9.17, 15) is 0 Å². The topological polar surface area (TPSA) is 20.5 Å². The monoisotopic (exact) mass is 305 g/mol. The molecular weight excluding hydrogens is 282 g/mol. The van der Waals surface area contributed by atoms with Gasteiger partial charge in [0.05, 0.1) is 5.52 Å². The number of nitrogens with zero attached hydrogens (tertiary/aromatic N) is 3. The molecule has 0 fully saturated rings. The maximum absolute atomic E-state index is 4.00. The number of fused-ring (bicyclic) bond motifs is 3. The van der Waals surface area contributed by atoms with Crippen LogP contribution in [0.15, 0.2) is 59.6 Å². The Kier molecular flexibility index (Phi) is 4.58. The molecule has 3 nitrogen and oxygen atoms in total. The van der Waals surface area contributed by atoms with Crippen molar-refractivity contribution in [1.29, 1.82) is 0 Å². The van der Waals surface area contributed by atoms with Crippen molar-refractivity contribution in [2.45, 2.75) is 13.0 Å². The molecule has 1 aliphatic rings. The summed E-state index contributed by atoms with van der Waals surface area (Å²) < 4.78 is 2.33. The van der Waals surface area contributed by atoms with Crippen molar-refractivity contribution >= 4 is 23.3 Å². The lowest BCUT2D eigenvalue weighted by molar-refractivity contribution is 0.312. The van der Waals surface area contributed by atoms with Gasteiger partial charge in [-0.1, -0.05) is 30.9 Å². The average molecular weight is 305 g/mol. The second-order valence-corrected chi connectivity index (χ2v) is 5.89. The Morgan fingerprint density at radius 2 is 2.13 bits per heavy atom. The van der Waals surface area contributed by atoms with Crippen LogP contribution in [-0.4, -0.2) is 36.3 Å². The average Bonchev–Trinajstić information content (AvgIpc) is 2.88. The smallest absolute Gasteiger partial charge is 0.0528 e. The largest absolute Gasteiger partial charge is 0.320 e. The van der Waals surface area contributed by atoms with Crippen molar-refractivity contribution in [3.8, 4) is 0 Å². The van der Waals surface area contributed by atoms with E-state index in [1.54, 1.807) is 13.3 Å². The fourth-order valence-electron chi connectivity index (χ4n) is 3.16. The highest BCUT2D eigenvalue weighted by Gasteiger charge is 2.20. The Hall–Kier alpha value is -2.39. The van der Waals surface area contributed by atoms with E-state index in [1.165, 1.54) is 22.2 Å². The maximum Gasteiger partial charge on any atom is 0.0528 e. The minimum absolute atomic E-state index is 1.02.